The van der Waals surface area contributed by atoms with Gasteiger partial charge in [-0.25, -0.2) is 0 Å². The van der Waals surface area contributed by atoms with Crippen molar-refractivity contribution in [3.63, 3.8) is 0 Å². The van der Waals surface area contributed by atoms with Gasteiger partial charge in [0.2, 0.25) is 11.8 Å². The number of nitrogens with zero attached hydrogens (tertiary/aromatic N) is 4. The lowest BCUT2D eigenvalue weighted by molar-refractivity contribution is 0.00578. The number of hydrogen-bond donors (Lipinski definition) is 0. The van der Waals surface area contributed by atoms with Gasteiger partial charge in [0.1, 0.15) is 0 Å². The van der Waals surface area contributed by atoms with E-state index < -0.39 is 7.12 Å². The number of benzene rings is 1. The van der Waals surface area contributed by atoms with E-state index in [0.717, 1.165) is 16.6 Å². The number of rotatable bonds is 3. The third-order valence-corrected chi connectivity index (χ3v) is 5.56. The molecule has 7 nitrogen and oxygen atoms in total. The predicted molar refractivity (Wildman–Crippen MR) is 123 cm³/mol. The van der Waals surface area contributed by atoms with Gasteiger partial charge >= 0.3 is 7.12 Å². The molecule has 4 aromatic rings. The number of hydrogen-bond acceptors (Lipinski definition) is 7. The Balaban J connectivity index is 0.000000354. The van der Waals surface area contributed by atoms with E-state index in [1.165, 1.54) is 0 Å². The molecule has 8 heteroatoms. The molecule has 1 aliphatic rings. The summed E-state index contributed by atoms with van der Waals surface area (Å²) in [6, 6.07) is 17.2. The van der Waals surface area contributed by atoms with Crippen LogP contribution >= 0.6 is 0 Å². The highest BCUT2D eigenvalue weighted by molar-refractivity contribution is 6.62. The lowest BCUT2D eigenvalue weighted by atomic mass is 9.78. The molecular formula is C24H25BN4O3. The largest absolute Gasteiger partial charge is 0.494 e. The zero-order valence-corrected chi connectivity index (χ0v) is 18.6. The molecule has 162 valence electrons. The van der Waals surface area contributed by atoms with Gasteiger partial charge in [0.05, 0.1) is 16.8 Å². The van der Waals surface area contributed by atoms with Crippen molar-refractivity contribution in [1.29, 1.82) is 0 Å². The van der Waals surface area contributed by atoms with Gasteiger partial charge < -0.3 is 13.7 Å². The fraction of sp³-hybridized carbons (Fsp3) is 0.250. The fourth-order valence-electron chi connectivity index (χ4n) is 3.06. The molecule has 0 radical (unpaired) electrons. The van der Waals surface area contributed by atoms with E-state index in [2.05, 4.69) is 20.2 Å². The molecule has 1 saturated heterocycles. The zero-order valence-electron chi connectivity index (χ0n) is 18.6. The monoisotopic (exact) mass is 428 g/mol. The third kappa shape index (κ3) is 4.76. The zero-order chi connectivity index (χ0) is 22.6. The average Bonchev–Trinajstić information content (AvgIpc) is 3.39. The predicted octanol–water partition coefficient (Wildman–Crippen LogP) is 4.18. The molecule has 0 amide bonds. The Morgan fingerprint density at radius 3 is 1.88 bits per heavy atom. The smallest absolute Gasteiger partial charge is 0.416 e. The van der Waals surface area contributed by atoms with Gasteiger partial charge in [0.15, 0.2) is 0 Å². The maximum absolute atomic E-state index is 6.12. The molecule has 0 atom stereocenters. The maximum Gasteiger partial charge on any atom is 0.494 e. The Bertz CT molecular complexity index is 1110. The van der Waals surface area contributed by atoms with Crippen LogP contribution in [-0.2, 0) is 9.31 Å². The molecule has 0 N–H and O–H groups in total. The summed E-state index contributed by atoms with van der Waals surface area (Å²) in [7, 11) is -0.430. The molecule has 1 aliphatic heterocycles. The first-order valence-corrected chi connectivity index (χ1v) is 10.4. The summed E-state index contributed by atoms with van der Waals surface area (Å²) < 4.78 is 18.0. The molecule has 0 unspecified atom stereocenters. The van der Waals surface area contributed by atoms with Gasteiger partial charge in [-0.2, -0.15) is 0 Å². The Labute approximate surface area is 188 Å². The summed E-state index contributed by atoms with van der Waals surface area (Å²) >= 11 is 0. The summed E-state index contributed by atoms with van der Waals surface area (Å²) in [6.45, 7) is 8.15. The summed E-state index contributed by atoms with van der Waals surface area (Å²) in [4.78, 5) is 7.86. The highest BCUT2D eigenvalue weighted by Crippen LogP contribution is 2.36. The first kappa shape index (κ1) is 21.9. The quantitative estimate of drug-likeness (QED) is 0.453. The van der Waals surface area contributed by atoms with E-state index in [4.69, 9.17) is 13.7 Å². The molecule has 1 aromatic carbocycles. The normalized spacial score (nSPS) is 16.3. The Morgan fingerprint density at radius 2 is 1.31 bits per heavy atom. The van der Waals surface area contributed by atoms with Crippen LogP contribution in [0.1, 0.15) is 27.7 Å². The first-order valence-electron chi connectivity index (χ1n) is 10.4. The SMILES string of the molecule is CC1(C)OB(c2cccc(-c3nnc(-c4cccnc4)o3)c2)OC1(C)C.c1ccncc1. The second-order valence-electron chi connectivity index (χ2n) is 8.39. The minimum atomic E-state index is -0.430. The Morgan fingerprint density at radius 1 is 0.688 bits per heavy atom. The molecule has 3 aromatic heterocycles. The molecule has 5 rings (SSSR count). The van der Waals surface area contributed by atoms with E-state index >= 15 is 0 Å². The van der Waals surface area contributed by atoms with Crippen LogP contribution in [0.25, 0.3) is 22.9 Å². The van der Waals surface area contributed by atoms with Crippen molar-refractivity contribution < 1.29 is 13.7 Å². The van der Waals surface area contributed by atoms with E-state index in [-0.39, 0.29) is 11.2 Å². The van der Waals surface area contributed by atoms with Gasteiger partial charge in [0.25, 0.3) is 0 Å². The van der Waals surface area contributed by atoms with Crippen molar-refractivity contribution >= 4 is 12.6 Å². The van der Waals surface area contributed by atoms with Gasteiger partial charge in [-0.3, -0.25) is 9.97 Å². The number of pyridine rings is 2. The molecule has 0 bridgehead atoms. The molecule has 4 heterocycles. The van der Waals surface area contributed by atoms with Crippen LogP contribution < -0.4 is 5.46 Å². The summed E-state index contributed by atoms with van der Waals surface area (Å²) in [5, 5.41) is 8.28. The van der Waals surface area contributed by atoms with Crippen LogP contribution in [-0.4, -0.2) is 38.5 Å². The summed E-state index contributed by atoms with van der Waals surface area (Å²) in [5.41, 5.74) is 1.76. The van der Waals surface area contributed by atoms with E-state index in [9.17, 15) is 0 Å². The van der Waals surface area contributed by atoms with Crippen molar-refractivity contribution in [1.82, 2.24) is 20.2 Å². The van der Waals surface area contributed by atoms with E-state index in [0.29, 0.717) is 11.8 Å². The fourth-order valence-corrected chi connectivity index (χ4v) is 3.06. The highest BCUT2D eigenvalue weighted by Gasteiger charge is 2.51. The van der Waals surface area contributed by atoms with E-state index in [1.807, 2.05) is 82.3 Å². The molecule has 32 heavy (non-hydrogen) atoms. The Kier molecular flexibility index (Phi) is 6.16. The van der Waals surface area contributed by atoms with Crippen LogP contribution in [0.4, 0.5) is 0 Å². The molecule has 1 fully saturated rings. The third-order valence-electron chi connectivity index (χ3n) is 5.56. The van der Waals surface area contributed by atoms with Gasteiger partial charge in [-0.05, 0) is 69.6 Å². The Hall–Kier alpha value is -3.36. The lowest BCUT2D eigenvalue weighted by Crippen LogP contribution is -2.41. The van der Waals surface area contributed by atoms with Crippen molar-refractivity contribution in [2.45, 2.75) is 38.9 Å². The van der Waals surface area contributed by atoms with Crippen LogP contribution in [0.15, 0.2) is 83.8 Å². The van der Waals surface area contributed by atoms with Crippen LogP contribution in [0, 0.1) is 0 Å². The second-order valence-corrected chi connectivity index (χ2v) is 8.39. The molecule has 0 aliphatic carbocycles. The van der Waals surface area contributed by atoms with Crippen molar-refractivity contribution in [2.24, 2.45) is 0 Å². The van der Waals surface area contributed by atoms with Gasteiger partial charge in [-0.15, -0.1) is 10.2 Å². The first-order chi connectivity index (χ1) is 15.4. The molecule has 0 spiro atoms. The van der Waals surface area contributed by atoms with Gasteiger partial charge in [0, 0.05) is 30.4 Å². The van der Waals surface area contributed by atoms with Gasteiger partial charge in [-0.1, -0.05) is 18.2 Å². The number of aromatic nitrogens is 4. The van der Waals surface area contributed by atoms with Crippen LogP contribution in [0.2, 0.25) is 0 Å². The van der Waals surface area contributed by atoms with Crippen LogP contribution in [0.5, 0.6) is 0 Å². The van der Waals surface area contributed by atoms with Crippen LogP contribution in [0.3, 0.4) is 0 Å². The molecular weight excluding hydrogens is 403 g/mol. The van der Waals surface area contributed by atoms with Crippen molar-refractivity contribution in [2.75, 3.05) is 0 Å². The topological polar surface area (TPSA) is 83.2 Å². The standard InChI is InChI=1S/C19H20BN3O3.C5H5N/c1-18(2)19(3,4)26-20(25-18)15-9-5-7-13(11-15)16-22-23-17(24-16)14-8-6-10-21-12-14;1-2-4-6-5-3-1/h5-12H,1-4H3;1-5H. The lowest BCUT2D eigenvalue weighted by Gasteiger charge is -2.32. The van der Waals surface area contributed by atoms with E-state index in [1.54, 1.807) is 24.8 Å². The second kappa shape index (κ2) is 9.02. The van der Waals surface area contributed by atoms with Crippen molar-refractivity contribution in [3.8, 4) is 22.9 Å². The minimum Gasteiger partial charge on any atom is -0.416 e. The maximum atomic E-state index is 6.12. The molecule has 0 saturated carbocycles. The minimum absolute atomic E-state index is 0.383. The summed E-state index contributed by atoms with van der Waals surface area (Å²) in [5.74, 6) is 0.886. The highest BCUT2D eigenvalue weighted by atomic mass is 16.7. The van der Waals surface area contributed by atoms with Crippen molar-refractivity contribution in [3.05, 3.63) is 79.4 Å². The average molecular weight is 428 g/mol. The summed E-state index contributed by atoms with van der Waals surface area (Å²) in [6.07, 6.45) is 6.90.